The van der Waals surface area contributed by atoms with E-state index in [1.54, 1.807) is 6.07 Å². The van der Waals surface area contributed by atoms with Crippen molar-refractivity contribution >= 4 is 22.5 Å². The highest BCUT2D eigenvalue weighted by Gasteiger charge is 2.16. The number of rotatable bonds is 2. The second kappa shape index (κ2) is 9.19. The van der Waals surface area contributed by atoms with E-state index < -0.39 is 11.6 Å². The Morgan fingerprint density at radius 3 is 2.00 bits per heavy atom. The average Bonchev–Trinajstić information content (AvgIpc) is 2.51. The molecular formula is C19H27F2N. The minimum atomic E-state index is -0.596. The zero-order valence-corrected chi connectivity index (χ0v) is 14.4. The van der Waals surface area contributed by atoms with E-state index in [4.69, 9.17) is 5.73 Å². The van der Waals surface area contributed by atoms with Crippen molar-refractivity contribution in [3.05, 3.63) is 47.5 Å². The van der Waals surface area contributed by atoms with Crippen LogP contribution >= 0.6 is 0 Å². The van der Waals surface area contributed by atoms with Crippen molar-refractivity contribution in [1.82, 2.24) is 0 Å². The molecule has 2 aromatic carbocycles. The van der Waals surface area contributed by atoms with Gasteiger partial charge in [0.2, 0.25) is 0 Å². The molecule has 1 nitrogen and oxygen atoms in total. The van der Waals surface area contributed by atoms with Gasteiger partial charge >= 0.3 is 0 Å². The molecule has 0 fully saturated rings. The Balaban J connectivity index is 0.00000102. The fraction of sp³-hybridized carbons (Fsp3) is 0.368. The predicted molar refractivity (Wildman–Crippen MR) is 95.2 cm³/mol. The van der Waals surface area contributed by atoms with Gasteiger partial charge in [0.15, 0.2) is 0 Å². The van der Waals surface area contributed by atoms with Crippen molar-refractivity contribution in [1.29, 1.82) is 0 Å². The molecule has 0 radical (unpaired) electrons. The lowest BCUT2D eigenvalue weighted by Crippen LogP contribution is -1.99. The maximum Gasteiger partial charge on any atom is 0.134 e. The average molecular weight is 307 g/mol. The van der Waals surface area contributed by atoms with E-state index in [-0.39, 0.29) is 5.92 Å². The van der Waals surface area contributed by atoms with E-state index in [9.17, 15) is 8.78 Å². The number of fused-ring (bicyclic) bond motifs is 1. The van der Waals surface area contributed by atoms with E-state index in [2.05, 4.69) is 6.58 Å². The summed E-state index contributed by atoms with van der Waals surface area (Å²) in [6, 6.07) is 4.17. The lowest BCUT2D eigenvalue weighted by molar-refractivity contribution is 0.590. The van der Waals surface area contributed by atoms with Crippen molar-refractivity contribution in [3.63, 3.8) is 0 Å². The van der Waals surface area contributed by atoms with Gasteiger partial charge in [-0.15, -0.1) is 0 Å². The van der Waals surface area contributed by atoms with Crippen LogP contribution < -0.4 is 5.73 Å². The number of hydrogen-bond acceptors (Lipinski definition) is 1. The molecular weight excluding hydrogens is 280 g/mol. The molecule has 22 heavy (non-hydrogen) atoms. The smallest absolute Gasteiger partial charge is 0.134 e. The van der Waals surface area contributed by atoms with E-state index in [0.29, 0.717) is 22.0 Å². The lowest BCUT2D eigenvalue weighted by atomic mass is 9.91. The number of benzene rings is 2. The van der Waals surface area contributed by atoms with Gasteiger partial charge in [-0.25, -0.2) is 8.78 Å². The van der Waals surface area contributed by atoms with E-state index in [0.717, 1.165) is 11.6 Å². The maximum atomic E-state index is 13.9. The highest BCUT2D eigenvalue weighted by molar-refractivity contribution is 5.96. The quantitative estimate of drug-likeness (QED) is 0.628. The van der Waals surface area contributed by atoms with Gasteiger partial charge in [0.1, 0.15) is 11.6 Å². The summed E-state index contributed by atoms with van der Waals surface area (Å²) in [6.45, 7) is 15.5. The summed E-state index contributed by atoms with van der Waals surface area (Å²) >= 11 is 0. The number of nitrogens with two attached hydrogens (primary N) is 1. The van der Waals surface area contributed by atoms with Gasteiger partial charge in [-0.3, -0.25) is 0 Å². The second-order valence-corrected chi connectivity index (χ2v) is 4.65. The molecule has 0 aliphatic carbocycles. The summed E-state index contributed by atoms with van der Waals surface area (Å²) in [5.74, 6) is -1.07. The summed E-state index contributed by atoms with van der Waals surface area (Å²) in [5, 5.41) is 0.904. The summed E-state index contributed by atoms with van der Waals surface area (Å²) in [6.07, 6.45) is 1.42. The van der Waals surface area contributed by atoms with Crippen LogP contribution in [0.3, 0.4) is 0 Å². The normalized spacial score (nSPS) is 9.68. The van der Waals surface area contributed by atoms with Gasteiger partial charge in [-0.1, -0.05) is 54.2 Å². The Kier molecular flexibility index (Phi) is 8.39. The van der Waals surface area contributed by atoms with Crippen LogP contribution in [0.1, 0.15) is 58.6 Å². The molecule has 3 heteroatoms. The fourth-order valence-corrected chi connectivity index (χ4v) is 2.22. The van der Waals surface area contributed by atoms with Gasteiger partial charge in [0, 0.05) is 22.7 Å². The van der Waals surface area contributed by atoms with Crippen molar-refractivity contribution < 1.29 is 8.78 Å². The number of hydrogen-bond donors (Lipinski definition) is 1. The second-order valence-electron chi connectivity index (χ2n) is 4.65. The summed E-state index contributed by atoms with van der Waals surface area (Å²) in [4.78, 5) is 0. The van der Waals surface area contributed by atoms with E-state index >= 15 is 0 Å². The molecule has 0 amide bonds. The number of nitrogen functional groups attached to an aromatic ring is 1. The largest absolute Gasteiger partial charge is 0.399 e. The van der Waals surface area contributed by atoms with Crippen LogP contribution in [0.15, 0.2) is 24.8 Å². The molecule has 0 atom stereocenters. The first-order chi connectivity index (χ1) is 10.5. The van der Waals surface area contributed by atoms with Crippen LogP contribution in [0.25, 0.3) is 16.8 Å². The van der Waals surface area contributed by atoms with Gasteiger partial charge in [-0.2, -0.15) is 0 Å². The van der Waals surface area contributed by atoms with Crippen LogP contribution in [-0.2, 0) is 0 Å². The monoisotopic (exact) mass is 307 g/mol. The number of halogens is 2. The van der Waals surface area contributed by atoms with E-state index in [1.807, 2.05) is 41.5 Å². The third kappa shape index (κ3) is 4.06. The first-order valence-electron chi connectivity index (χ1n) is 7.79. The fourth-order valence-electron chi connectivity index (χ4n) is 2.22. The molecule has 2 N–H and O–H groups in total. The molecule has 0 aliphatic heterocycles. The molecule has 0 aliphatic rings. The minimum absolute atomic E-state index is 0.121. The predicted octanol–water partition coefficient (Wildman–Crippen LogP) is 6.52. The standard InChI is InChI=1S/C15H15F2N.2C2H6/c1-4-10-13(16)7-14(17)12-6-9(18)5-11(8(2)3)15(10)12;2*1-2/h4-8H,1,18H2,2-3H3;2*1-2H3. The molecule has 0 aromatic heterocycles. The Bertz CT molecular complexity index is 631. The van der Waals surface area contributed by atoms with Gasteiger partial charge in [0.25, 0.3) is 0 Å². The van der Waals surface area contributed by atoms with Crippen LogP contribution in [0.4, 0.5) is 14.5 Å². The van der Waals surface area contributed by atoms with Crippen LogP contribution in [0.5, 0.6) is 0 Å². The highest BCUT2D eigenvalue weighted by atomic mass is 19.1. The third-order valence-corrected chi connectivity index (χ3v) is 3.05. The van der Waals surface area contributed by atoms with Crippen molar-refractivity contribution in [2.75, 3.05) is 5.73 Å². The summed E-state index contributed by atoms with van der Waals surface area (Å²) in [7, 11) is 0. The third-order valence-electron chi connectivity index (χ3n) is 3.05. The Morgan fingerprint density at radius 1 is 1.00 bits per heavy atom. The van der Waals surface area contributed by atoms with Crippen LogP contribution in [0.2, 0.25) is 0 Å². The molecule has 0 saturated heterocycles. The first kappa shape index (κ1) is 20.1. The van der Waals surface area contributed by atoms with Gasteiger partial charge in [0.05, 0.1) is 0 Å². The molecule has 2 rings (SSSR count). The maximum absolute atomic E-state index is 13.9. The van der Waals surface area contributed by atoms with E-state index in [1.165, 1.54) is 12.1 Å². The van der Waals surface area contributed by atoms with Crippen LogP contribution in [-0.4, -0.2) is 0 Å². The topological polar surface area (TPSA) is 26.0 Å². The van der Waals surface area contributed by atoms with Crippen molar-refractivity contribution in [3.8, 4) is 0 Å². The zero-order valence-electron chi connectivity index (χ0n) is 14.4. The highest BCUT2D eigenvalue weighted by Crippen LogP contribution is 2.34. The Hall–Kier alpha value is -1.90. The molecule has 2 aromatic rings. The summed E-state index contributed by atoms with van der Waals surface area (Å²) in [5.41, 5.74) is 7.41. The first-order valence-corrected chi connectivity index (χ1v) is 7.79. The van der Waals surface area contributed by atoms with Crippen LogP contribution in [0, 0.1) is 11.6 Å². The molecule has 122 valence electrons. The molecule has 0 unspecified atom stereocenters. The van der Waals surface area contributed by atoms with Gasteiger partial charge in [-0.05, 0) is 29.0 Å². The minimum Gasteiger partial charge on any atom is -0.399 e. The Labute approximate surface area is 132 Å². The van der Waals surface area contributed by atoms with Crippen molar-refractivity contribution in [2.45, 2.75) is 47.5 Å². The molecule has 0 spiro atoms. The SMILES string of the molecule is C=Cc1c(F)cc(F)c2cc(N)cc(C(C)C)c12.CC.CC. The lowest BCUT2D eigenvalue weighted by Gasteiger charge is -2.15. The molecule has 0 heterocycles. The molecule has 0 saturated carbocycles. The van der Waals surface area contributed by atoms with Crippen molar-refractivity contribution in [2.24, 2.45) is 0 Å². The summed E-state index contributed by atoms with van der Waals surface area (Å²) < 4.78 is 27.6. The molecule has 0 bridgehead atoms. The number of anilines is 1. The zero-order chi connectivity index (χ0) is 17.4. The van der Waals surface area contributed by atoms with Gasteiger partial charge < -0.3 is 5.73 Å². The Morgan fingerprint density at radius 2 is 1.55 bits per heavy atom.